The quantitative estimate of drug-likeness (QED) is 0.537. The average Bonchev–Trinajstić information content (AvgIpc) is 3.28. The average molecular weight is 493 g/mol. The van der Waals surface area contributed by atoms with Crippen LogP contribution in [0.3, 0.4) is 0 Å². The first kappa shape index (κ1) is 23.5. The largest absolute Gasteiger partial charge is 0.481 e. The summed E-state index contributed by atoms with van der Waals surface area (Å²) in [6.07, 6.45) is 1.01. The van der Waals surface area contributed by atoms with Crippen LogP contribution in [-0.4, -0.2) is 57.8 Å². The predicted octanol–water partition coefficient (Wildman–Crippen LogP) is 3.38. The van der Waals surface area contributed by atoms with Gasteiger partial charge in [-0.25, -0.2) is 13.4 Å². The van der Waals surface area contributed by atoms with Crippen LogP contribution in [0.15, 0.2) is 41.4 Å². The highest BCUT2D eigenvalue weighted by Gasteiger charge is 2.39. The minimum Gasteiger partial charge on any atom is -0.481 e. The van der Waals surface area contributed by atoms with Crippen molar-refractivity contribution in [3.8, 4) is 5.88 Å². The molecule has 2 atom stereocenters. The van der Waals surface area contributed by atoms with Crippen LogP contribution in [0.4, 0.5) is 0 Å². The standard InChI is InChI=1S/C22H25ClN4O5S/c1-13(2)32-21-7-5-16(10-24-21)33(30,31)26-11-14(3)20(12-26)27-19-8-15(23)4-6-17(19)18(25-27)9-22(28)29/h4-8,10,13-14,20H,9,11-12H2,1-3H3,(H,28,29)/t14-,20+/m1/s1. The fourth-order valence-corrected chi connectivity index (χ4v) is 5.77. The second-order valence-corrected chi connectivity index (χ2v) is 10.9. The van der Waals surface area contributed by atoms with Gasteiger partial charge in [0.1, 0.15) is 4.90 Å². The third-order valence-electron chi connectivity index (χ3n) is 5.62. The first-order chi connectivity index (χ1) is 15.6. The van der Waals surface area contributed by atoms with Crippen molar-refractivity contribution in [1.82, 2.24) is 19.1 Å². The van der Waals surface area contributed by atoms with Gasteiger partial charge in [0.2, 0.25) is 15.9 Å². The Morgan fingerprint density at radius 1 is 1.27 bits per heavy atom. The topological polar surface area (TPSA) is 115 Å². The number of aromatic nitrogens is 3. The lowest BCUT2D eigenvalue weighted by molar-refractivity contribution is -0.136. The van der Waals surface area contributed by atoms with E-state index in [-0.39, 0.29) is 35.9 Å². The zero-order chi connectivity index (χ0) is 23.9. The number of carboxylic acids is 1. The van der Waals surface area contributed by atoms with Gasteiger partial charge in [0.05, 0.1) is 36.0 Å². The zero-order valence-corrected chi connectivity index (χ0v) is 20.0. The molecule has 0 saturated carbocycles. The number of hydrogen-bond acceptors (Lipinski definition) is 6. The second-order valence-electron chi connectivity index (χ2n) is 8.49. The first-order valence-corrected chi connectivity index (χ1v) is 12.4. The normalized spacial score (nSPS) is 19.4. The van der Waals surface area contributed by atoms with Gasteiger partial charge in [-0.15, -0.1) is 0 Å². The summed E-state index contributed by atoms with van der Waals surface area (Å²) in [5.41, 5.74) is 1.11. The Kier molecular flexibility index (Phi) is 6.35. The van der Waals surface area contributed by atoms with Gasteiger partial charge < -0.3 is 9.84 Å². The molecular weight excluding hydrogens is 468 g/mol. The molecule has 4 rings (SSSR count). The predicted molar refractivity (Wildman–Crippen MR) is 123 cm³/mol. The minimum atomic E-state index is -3.78. The molecule has 0 aliphatic carbocycles. The Balaban J connectivity index is 1.64. The Bertz CT molecular complexity index is 1290. The Morgan fingerprint density at radius 3 is 2.67 bits per heavy atom. The van der Waals surface area contributed by atoms with E-state index in [0.717, 1.165) is 0 Å². The molecular formula is C22H25ClN4O5S. The highest BCUT2D eigenvalue weighted by molar-refractivity contribution is 7.89. The van der Waals surface area contributed by atoms with Crippen molar-refractivity contribution in [1.29, 1.82) is 0 Å². The Labute approximate surface area is 197 Å². The van der Waals surface area contributed by atoms with Crippen LogP contribution in [0.5, 0.6) is 5.88 Å². The zero-order valence-electron chi connectivity index (χ0n) is 18.5. The summed E-state index contributed by atoms with van der Waals surface area (Å²) in [7, 11) is -3.78. The minimum absolute atomic E-state index is 0.0592. The van der Waals surface area contributed by atoms with Crippen molar-refractivity contribution >= 4 is 38.5 Å². The van der Waals surface area contributed by atoms with Crippen LogP contribution < -0.4 is 4.74 Å². The molecule has 3 heterocycles. The number of nitrogens with zero attached hydrogens (tertiary/aromatic N) is 4. The van der Waals surface area contributed by atoms with Crippen molar-refractivity contribution in [2.24, 2.45) is 5.92 Å². The molecule has 33 heavy (non-hydrogen) atoms. The Hall–Kier alpha value is -2.69. The van der Waals surface area contributed by atoms with Gasteiger partial charge in [-0.1, -0.05) is 18.5 Å². The van der Waals surface area contributed by atoms with E-state index in [2.05, 4.69) is 10.1 Å². The van der Waals surface area contributed by atoms with Crippen LogP contribution in [0.2, 0.25) is 5.02 Å². The number of hydrogen-bond donors (Lipinski definition) is 1. The number of aliphatic carboxylic acids is 1. The molecule has 0 spiro atoms. The van der Waals surface area contributed by atoms with Crippen molar-refractivity contribution in [3.63, 3.8) is 0 Å². The number of carbonyl (C=O) groups is 1. The molecule has 1 fully saturated rings. The molecule has 0 unspecified atom stereocenters. The van der Waals surface area contributed by atoms with Gasteiger partial charge in [-0.2, -0.15) is 9.40 Å². The number of ether oxygens (including phenoxy) is 1. The van der Waals surface area contributed by atoms with Crippen LogP contribution in [-0.2, 0) is 21.2 Å². The summed E-state index contributed by atoms with van der Waals surface area (Å²) in [5.74, 6) is -0.684. The Morgan fingerprint density at radius 2 is 2.03 bits per heavy atom. The number of fused-ring (bicyclic) bond motifs is 1. The van der Waals surface area contributed by atoms with Crippen LogP contribution in [0.25, 0.3) is 10.9 Å². The summed E-state index contributed by atoms with van der Waals surface area (Å²) in [4.78, 5) is 15.5. The van der Waals surface area contributed by atoms with E-state index in [9.17, 15) is 18.3 Å². The number of rotatable bonds is 7. The molecule has 1 aromatic carbocycles. The summed E-state index contributed by atoms with van der Waals surface area (Å²) in [6.45, 7) is 6.18. The number of pyridine rings is 1. The maximum atomic E-state index is 13.3. The van der Waals surface area contributed by atoms with E-state index in [0.29, 0.717) is 34.0 Å². The van der Waals surface area contributed by atoms with Crippen molar-refractivity contribution in [3.05, 3.63) is 47.2 Å². The molecule has 3 aromatic rings. The number of sulfonamides is 1. The van der Waals surface area contributed by atoms with E-state index < -0.39 is 16.0 Å². The van der Waals surface area contributed by atoms with E-state index in [1.807, 2.05) is 20.8 Å². The fourth-order valence-electron chi connectivity index (χ4n) is 4.10. The third kappa shape index (κ3) is 4.68. The van der Waals surface area contributed by atoms with Gasteiger partial charge in [0.25, 0.3) is 0 Å². The maximum Gasteiger partial charge on any atom is 0.309 e. The molecule has 1 saturated heterocycles. The lowest BCUT2D eigenvalue weighted by Gasteiger charge is -2.18. The van der Waals surface area contributed by atoms with Crippen molar-refractivity contribution in [2.75, 3.05) is 13.1 Å². The smallest absolute Gasteiger partial charge is 0.309 e. The summed E-state index contributed by atoms with van der Waals surface area (Å²) >= 11 is 6.19. The molecule has 0 radical (unpaired) electrons. The van der Waals surface area contributed by atoms with Gasteiger partial charge >= 0.3 is 5.97 Å². The van der Waals surface area contributed by atoms with Crippen LogP contribution in [0, 0.1) is 5.92 Å². The van der Waals surface area contributed by atoms with E-state index in [4.69, 9.17) is 16.3 Å². The first-order valence-electron chi connectivity index (χ1n) is 10.6. The highest BCUT2D eigenvalue weighted by atomic mass is 35.5. The lowest BCUT2D eigenvalue weighted by atomic mass is 10.1. The number of benzene rings is 1. The molecule has 2 aromatic heterocycles. The van der Waals surface area contributed by atoms with Gasteiger partial charge in [-0.05, 0) is 44.0 Å². The van der Waals surface area contributed by atoms with Crippen LogP contribution in [0.1, 0.15) is 32.5 Å². The second kappa shape index (κ2) is 8.92. The fraction of sp³-hybridized carbons (Fsp3) is 0.409. The molecule has 0 bridgehead atoms. The summed E-state index contributed by atoms with van der Waals surface area (Å²) in [5, 5.41) is 15.0. The van der Waals surface area contributed by atoms with Crippen molar-refractivity contribution < 1.29 is 23.1 Å². The van der Waals surface area contributed by atoms with Crippen LogP contribution >= 0.6 is 11.6 Å². The van der Waals surface area contributed by atoms with Crippen molar-refractivity contribution in [2.45, 2.75) is 44.2 Å². The SMILES string of the molecule is CC(C)Oc1ccc(S(=O)(=O)N2C[C@@H](C)[C@@H](n3nc(CC(=O)O)c4ccc(Cl)cc43)C2)cn1. The number of halogens is 1. The van der Waals surface area contributed by atoms with Gasteiger partial charge in [-0.3, -0.25) is 9.48 Å². The maximum absolute atomic E-state index is 13.3. The molecule has 1 N–H and O–H groups in total. The molecule has 176 valence electrons. The van der Waals surface area contributed by atoms with Gasteiger partial charge in [0, 0.05) is 29.6 Å². The van der Waals surface area contributed by atoms with E-state index in [1.165, 1.54) is 16.6 Å². The molecule has 1 aliphatic rings. The lowest BCUT2D eigenvalue weighted by Crippen LogP contribution is -2.29. The highest BCUT2D eigenvalue weighted by Crippen LogP contribution is 2.35. The third-order valence-corrected chi connectivity index (χ3v) is 7.67. The summed E-state index contributed by atoms with van der Waals surface area (Å²) < 4.78 is 35.2. The summed E-state index contributed by atoms with van der Waals surface area (Å²) in [6, 6.07) is 7.93. The molecule has 9 nitrogen and oxygen atoms in total. The number of carboxylic acid groups (broad SMARTS) is 1. The molecule has 0 amide bonds. The van der Waals surface area contributed by atoms with Gasteiger partial charge in [0.15, 0.2) is 0 Å². The van der Waals surface area contributed by atoms with E-state index >= 15 is 0 Å². The van der Waals surface area contributed by atoms with E-state index in [1.54, 1.807) is 28.9 Å². The monoisotopic (exact) mass is 492 g/mol. The molecule has 1 aliphatic heterocycles. The molecule has 11 heteroatoms.